The molecule has 142 valence electrons. The fraction of sp³-hybridized carbons (Fsp3) is 0.318. The van der Waals surface area contributed by atoms with Crippen molar-refractivity contribution in [3.63, 3.8) is 0 Å². The molecule has 5 heteroatoms. The van der Waals surface area contributed by atoms with E-state index in [4.69, 9.17) is 0 Å². The summed E-state index contributed by atoms with van der Waals surface area (Å²) in [6.45, 7) is 8.34. The van der Waals surface area contributed by atoms with Gasteiger partial charge < -0.3 is 4.90 Å². The van der Waals surface area contributed by atoms with Gasteiger partial charge in [-0.1, -0.05) is 50.6 Å². The largest absolute Gasteiger partial charge is 0.300 e. The first-order valence-electron chi connectivity index (χ1n) is 8.98. The lowest BCUT2D eigenvalue weighted by Gasteiger charge is -2.28. The highest BCUT2D eigenvalue weighted by Crippen LogP contribution is 2.27. The molecule has 4 nitrogen and oxygen atoms in total. The van der Waals surface area contributed by atoms with Gasteiger partial charge in [0.15, 0.2) is 9.84 Å². The first kappa shape index (κ1) is 19.4. The molecule has 0 spiro atoms. The van der Waals surface area contributed by atoms with Crippen LogP contribution < -0.4 is 4.90 Å². The maximum atomic E-state index is 13.3. The fourth-order valence-electron chi connectivity index (χ4n) is 3.14. The van der Waals surface area contributed by atoms with Crippen LogP contribution in [0.1, 0.15) is 42.3 Å². The van der Waals surface area contributed by atoms with Gasteiger partial charge in [-0.2, -0.15) is 0 Å². The van der Waals surface area contributed by atoms with Crippen LogP contribution in [0.2, 0.25) is 0 Å². The summed E-state index contributed by atoms with van der Waals surface area (Å²) in [5, 5.41) is 1.20. The SMILES string of the molecule is Cc1ccc(N(C(=O)c2ccc(C(C)(C)C)cc2)C2C=CS(=O)(=O)C2)cc1. The average molecular weight is 384 g/mol. The van der Waals surface area contributed by atoms with Gasteiger partial charge in [-0.3, -0.25) is 4.79 Å². The lowest BCUT2D eigenvalue weighted by Crippen LogP contribution is -2.41. The zero-order chi connectivity index (χ0) is 19.8. The Hall–Kier alpha value is -2.40. The van der Waals surface area contributed by atoms with Gasteiger partial charge in [0.1, 0.15) is 0 Å². The van der Waals surface area contributed by atoms with Gasteiger partial charge in [0.2, 0.25) is 0 Å². The van der Waals surface area contributed by atoms with Gasteiger partial charge in [-0.05, 0) is 48.2 Å². The Bertz CT molecular complexity index is 966. The van der Waals surface area contributed by atoms with E-state index < -0.39 is 15.9 Å². The Kier molecular flexibility index (Phi) is 5.00. The Labute approximate surface area is 161 Å². The third-order valence-electron chi connectivity index (χ3n) is 4.77. The molecular formula is C22H25NO3S. The summed E-state index contributed by atoms with van der Waals surface area (Å²) < 4.78 is 23.8. The number of amides is 1. The minimum atomic E-state index is -3.27. The van der Waals surface area contributed by atoms with Gasteiger partial charge in [-0.15, -0.1) is 0 Å². The van der Waals surface area contributed by atoms with Crippen LogP contribution in [0.4, 0.5) is 5.69 Å². The summed E-state index contributed by atoms with van der Waals surface area (Å²) in [6, 6.07) is 14.6. The highest BCUT2D eigenvalue weighted by molar-refractivity contribution is 7.94. The molecule has 1 aliphatic heterocycles. The van der Waals surface area contributed by atoms with Crippen molar-refractivity contribution in [3.05, 3.63) is 76.7 Å². The topological polar surface area (TPSA) is 54.5 Å². The number of nitrogens with zero attached hydrogens (tertiary/aromatic N) is 1. The third-order valence-corrected chi connectivity index (χ3v) is 6.15. The predicted molar refractivity (Wildman–Crippen MR) is 110 cm³/mol. The van der Waals surface area contributed by atoms with Crippen LogP contribution in [0, 0.1) is 6.92 Å². The second-order valence-electron chi connectivity index (χ2n) is 8.06. The van der Waals surface area contributed by atoms with Crippen molar-refractivity contribution in [1.29, 1.82) is 0 Å². The third kappa shape index (κ3) is 4.30. The molecule has 1 unspecified atom stereocenters. The van der Waals surface area contributed by atoms with Crippen molar-refractivity contribution >= 4 is 21.4 Å². The molecule has 0 radical (unpaired) electrons. The van der Waals surface area contributed by atoms with Crippen molar-refractivity contribution in [2.75, 3.05) is 10.7 Å². The van der Waals surface area contributed by atoms with Crippen molar-refractivity contribution in [2.24, 2.45) is 0 Å². The van der Waals surface area contributed by atoms with Gasteiger partial charge >= 0.3 is 0 Å². The van der Waals surface area contributed by atoms with E-state index >= 15 is 0 Å². The van der Waals surface area contributed by atoms with E-state index in [9.17, 15) is 13.2 Å². The first-order chi connectivity index (χ1) is 12.6. The monoisotopic (exact) mass is 383 g/mol. The Morgan fingerprint density at radius 2 is 1.59 bits per heavy atom. The first-order valence-corrected chi connectivity index (χ1v) is 10.7. The van der Waals surface area contributed by atoms with Gasteiger partial charge in [0.05, 0.1) is 11.8 Å². The number of rotatable bonds is 3. The number of benzene rings is 2. The number of aryl methyl sites for hydroxylation is 1. The molecule has 0 saturated carbocycles. The van der Waals surface area contributed by atoms with Crippen LogP contribution in [0.5, 0.6) is 0 Å². The zero-order valence-electron chi connectivity index (χ0n) is 16.1. The number of anilines is 1. The number of carbonyl (C=O) groups excluding carboxylic acids is 1. The summed E-state index contributed by atoms with van der Waals surface area (Å²) in [5.41, 5.74) is 3.46. The smallest absolute Gasteiger partial charge is 0.258 e. The molecule has 0 aliphatic carbocycles. The maximum Gasteiger partial charge on any atom is 0.258 e. The highest BCUT2D eigenvalue weighted by atomic mass is 32.2. The molecule has 0 bridgehead atoms. The summed E-state index contributed by atoms with van der Waals surface area (Å²) >= 11 is 0. The number of sulfone groups is 1. The molecule has 0 aromatic heterocycles. The molecular weight excluding hydrogens is 358 g/mol. The Morgan fingerprint density at radius 1 is 1.00 bits per heavy atom. The molecule has 3 rings (SSSR count). The molecule has 0 N–H and O–H groups in total. The molecule has 2 aromatic carbocycles. The van der Waals surface area contributed by atoms with Crippen LogP contribution in [0.3, 0.4) is 0 Å². The average Bonchev–Trinajstić information content (AvgIpc) is 2.95. The molecule has 1 atom stereocenters. The lowest BCUT2D eigenvalue weighted by molar-refractivity contribution is 0.0983. The number of hydrogen-bond acceptors (Lipinski definition) is 3. The van der Waals surface area contributed by atoms with E-state index in [1.807, 2.05) is 55.5 Å². The summed E-state index contributed by atoms with van der Waals surface area (Å²) in [4.78, 5) is 14.9. The van der Waals surface area contributed by atoms with Gasteiger partial charge in [0, 0.05) is 16.7 Å². The highest BCUT2D eigenvalue weighted by Gasteiger charge is 2.32. The number of carbonyl (C=O) groups is 1. The van der Waals surface area contributed by atoms with E-state index in [0.717, 1.165) is 11.1 Å². The quantitative estimate of drug-likeness (QED) is 0.796. The van der Waals surface area contributed by atoms with Crippen LogP contribution in [0.25, 0.3) is 0 Å². The second kappa shape index (κ2) is 6.97. The molecule has 0 fully saturated rings. The predicted octanol–water partition coefficient (Wildman–Crippen LogP) is 4.25. The van der Waals surface area contributed by atoms with Crippen molar-refractivity contribution in [2.45, 2.75) is 39.2 Å². The minimum absolute atomic E-state index is 0.000486. The van der Waals surface area contributed by atoms with E-state index in [2.05, 4.69) is 20.8 Å². The van der Waals surface area contributed by atoms with E-state index in [-0.39, 0.29) is 17.1 Å². The molecule has 0 saturated heterocycles. The standard InChI is InChI=1S/C22H25NO3S/c1-16-5-11-19(12-6-16)23(20-13-14-27(25,26)15-20)21(24)17-7-9-18(10-8-17)22(2,3)4/h5-14,20H,15H2,1-4H3. The van der Waals surface area contributed by atoms with E-state index in [1.54, 1.807) is 11.0 Å². The second-order valence-corrected chi connectivity index (χ2v) is 9.99. The fourth-order valence-corrected chi connectivity index (χ4v) is 4.40. The van der Waals surface area contributed by atoms with Gasteiger partial charge in [-0.25, -0.2) is 8.42 Å². The zero-order valence-corrected chi connectivity index (χ0v) is 17.0. The van der Waals surface area contributed by atoms with Crippen LogP contribution in [-0.4, -0.2) is 26.1 Å². The molecule has 27 heavy (non-hydrogen) atoms. The normalized spacial score (nSPS) is 18.4. The Balaban J connectivity index is 1.98. The van der Waals surface area contributed by atoms with Crippen molar-refractivity contribution < 1.29 is 13.2 Å². The molecule has 1 amide bonds. The van der Waals surface area contributed by atoms with Crippen LogP contribution in [0.15, 0.2) is 60.0 Å². The Morgan fingerprint density at radius 3 is 2.07 bits per heavy atom. The number of hydrogen-bond donors (Lipinski definition) is 0. The lowest BCUT2D eigenvalue weighted by atomic mass is 9.86. The van der Waals surface area contributed by atoms with Crippen molar-refractivity contribution in [1.82, 2.24) is 0 Å². The molecule has 1 heterocycles. The van der Waals surface area contributed by atoms with Crippen LogP contribution >= 0.6 is 0 Å². The summed E-state index contributed by atoms with van der Waals surface area (Å²) in [5.74, 6) is -0.293. The minimum Gasteiger partial charge on any atom is -0.300 e. The molecule has 2 aromatic rings. The summed E-state index contributed by atoms with van der Waals surface area (Å²) in [7, 11) is -3.27. The van der Waals surface area contributed by atoms with Gasteiger partial charge in [0.25, 0.3) is 5.91 Å². The molecule has 1 aliphatic rings. The van der Waals surface area contributed by atoms with E-state index in [0.29, 0.717) is 11.3 Å². The van der Waals surface area contributed by atoms with Crippen molar-refractivity contribution in [3.8, 4) is 0 Å². The van der Waals surface area contributed by atoms with Crippen LogP contribution in [-0.2, 0) is 15.3 Å². The van der Waals surface area contributed by atoms with E-state index in [1.165, 1.54) is 5.41 Å². The maximum absolute atomic E-state index is 13.3. The summed E-state index contributed by atoms with van der Waals surface area (Å²) in [6.07, 6.45) is 1.59.